The lowest BCUT2D eigenvalue weighted by molar-refractivity contribution is 0.0697. The summed E-state index contributed by atoms with van der Waals surface area (Å²) in [5.41, 5.74) is 1.02. The van der Waals surface area contributed by atoms with Crippen LogP contribution in [-0.2, 0) is 0 Å². The third kappa shape index (κ3) is 3.03. The third-order valence-electron chi connectivity index (χ3n) is 3.31. The number of carboxylic acids is 1. The first kappa shape index (κ1) is 13.4. The number of piperidine rings is 1. The van der Waals surface area contributed by atoms with Gasteiger partial charge in [0.25, 0.3) is 0 Å². The summed E-state index contributed by atoms with van der Waals surface area (Å²) in [7, 11) is 2.11. The Bertz CT molecular complexity index is 443. The molecule has 0 aliphatic carbocycles. The van der Waals surface area contributed by atoms with Crippen molar-refractivity contribution in [3.63, 3.8) is 0 Å². The van der Waals surface area contributed by atoms with E-state index in [-0.39, 0.29) is 0 Å². The molecular weight excluding hydrogens is 296 g/mol. The fourth-order valence-electron chi connectivity index (χ4n) is 2.23. The summed E-state index contributed by atoms with van der Waals surface area (Å²) in [6.07, 6.45) is 2.09. The number of nitrogens with zero attached hydrogens (tertiary/aromatic N) is 1. The molecular formula is C13H17BrN2O2. The van der Waals surface area contributed by atoms with E-state index < -0.39 is 5.97 Å². The minimum Gasteiger partial charge on any atom is -0.478 e. The van der Waals surface area contributed by atoms with Gasteiger partial charge in [-0.3, -0.25) is 0 Å². The number of nitrogens with one attached hydrogen (secondary N) is 1. The molecule has 4 nitrogen and oxygen atoms in total. The summed E-state index contributed by atoms with van der Waals surface area (Å²) in [4.78, 5) is 13.5. The SMILES string of the molecule is CN1CCC(Nc2cccc(Br)c2C(=O)O)CC1. The predicted octanol–water partition coefficient (Wildman–Crippen LogP) is 2.65. The highest BCUT2D eigenvalue weighted by atomic mass is 79.9. The Morgan fingerprint density at radius 3 is 2.72 bits per heavy atom. The van der Waals surface area contributed by atoms with Crippen LogP contribution in [0.3, 0.4) is 0 Å². The molecule has 0 aromatic heterocycles. The van der Waals surface area contributed by atoms with Crippen molar-refractivity contribution in [3.8, 4) is 0 Å². The summed E-state index contributed by atoms with van der Waals surface area (Å²) < 4.78 is 0.618. The van der Waals surface area contributed by atoms with E-state index in [9.17, 15) is 9.90 Å². The molecule has 1 aromatic rings. The van der Waals surface area contributed by atoms with Gasteiger partial charge in [-0.15, -0.1) is 0 Å². The number of halogens is 1. The lowest BCUT2D eigenvalue weighted by Gasteiger charge is -2.30. The first-order chi connectivity index (χ1) is 8.58. The first-order valence-electron chi connectivity index (χ1n) is 6.05. The van der Waals surface area contributed by atoms with Gasteiger partial charge >= 0.3 is 5.97 Å². The summed E-state index contributed by atoms with van der Waals surface area (Å²) in [6, 6.07) is 5.79. The molecule has 1 heterocycles. The molecule has 0 amide bonds. The fraction of sp³-hybridized carbons (Fsp3) is 0.462. The monoisotopic (exact) mass is 312 g/mol. The average Bonchev–Trinajstić information content (AvgIpc) is 2.32. The molecule has 1 fully saturated rings. The van der Waals surface area contributed by atoms with Gasteiger partial charge in [0.2, 0.25) is 0 Å². The Kier molecular flexibility index (Phi) is 4.24. The van der Waals surface area contributed by atoms with Gasteiger partial charge in [-0.05, 0) is 61.0 Å². The zero-order chi connectivity index (χ0) is 13.1. The number of likely N-dealkylation sites (tertiary alicyclic amines) is 1. The summed E-state index contributed by atoms with van der Waals surface area (Å²) in [5.74, 6) is -0.905. The second-order valence-electron chi connectivity index (χ2n) is 4.69. The molecule has 0 bridgehead atoms. The second-order valence-corrected chi connectivity index (χ2v) is 5.54. The topological polar surface area (TPSA) is 52.6 Å². The van der Waals surface area contributed by atoms with Crippen molar-refractivity contribution in [2.24, 2.45) is 0 Å². The molecule has 5 heteroatoms. The van der Waals surface area contributed by atoms with Crippen LogP contribution in [0.4, 0.5) is 5.69 Å². The summed E-state index contributed by atoms with van der Waals surface area (Å²) in [5, 5.41) is 12.6. The number of benzene rings is 1. The van der Waals surface area contributed by atoms with Crippen LogP contribution in [0.2, 0.25) is 0 Å². The van der Waals surface area contributed by atoms with Crippen LogP contribution >= 0.6 is 15.9 Å². The highest BCUT2D eigenvalue weighted by Gasteiger charge is 2.20. The van der Waals surface area contributed by atoms with E-state index in [1.54, 1.807) is 6.07 Å². The van der Waals surface area contributed by atoms with Crippen molar-refractivity contribution in [1.29, 1.82) is 0 Å². The maximum absolute atomic E-state index is 11.3. The molecule has 0 radical (unpaired) electrons. The van der Waals surface area contributed by atoms with E-state index in [4.69, 9.17) is 0 Å². The predicted molar refractivity (Wildman–Crippen MR) is 75.2 cm³/mol. The molecule has 0 atom stereocenters. The van der Waals surface area contributed by atoms with Gasteiger partial charge < -0.3 is 15.3 Å². The summed E-state index contributed by atoms with van der Waals surface area (Å²) >= 11 is 3.29. The normalized spacial score (nSPS) is 17.7. The number of carboxylic acid groups (broad SMARTS) is 1. The molecule has 1 saturated heterocycles. The van der Waals surface area contributed by atoms with E-state index in [0.717, 1.165) is 25.9 Å². The van der Waals surface area contributed by atoms with Crippen molar-refractivity contribution in [3.05, 3.63) is 28.2 Å². The maximum atomic E-state index is 11.3. The number of carbonyl (C=O) groups is 1. The molecule has 2 rings (SSSR count). The van der Waals surface area contributed by atoms with E-state index >= 15 is 0 Å². The minimum atomic E-state index is -0.905. The Hall–Kier alpha value is -1.07. The Morgan fingerprint density at radius 2 is 2.11 bits per heavy atom. The van der Waals surface area contributed by atoms with Gasteiger partial charge in [0.05, 0.1) is 11.3 Å². The van der Waals surface area contributed by atoms with Crippen molar-refractivity contribution in [2.75, 3.05) is 25.5 Å². The Labute approximate surface area is 115 Å². The molecule has 98 valence electrons. The van der Waals surface area contributed by atoms with Crippen molar-refractivity contribution in [1.82, 2.24) is 4.90 Å². The molecule has 0 spiro atoms. The van der Waals surface area contributed by atoms with Crippen LogP contribution in [0.15, 0.2) is 22.7 Å². The van der Waals surface area contributed by atoms with E-state index in [0.29, 0.717) is 21.8 Å². The lowest BCUT2D eigenvalue weighted by atomic mass is 10.0. The molecule has 18 heavy (non-hydrogen) atoms. The maximum Gasteiger partial charge on any atom is 0.338 e. The zero-order valence-corrected chi connectivity index (χ0v) is 11.9. The molecule has 0 saturated carbocycles. The van der Waals surface area contributed by atoms with E-state index in [1.807, 2.05) is 12.1 Å². The highest BCUT2D eigenvalue weighted by molar-refractivity contribution is 9.10. The fourth-order valence-corrected chi connectivity index (χ4v) is 2.77. The zero-order valence-electron chi connectivity index (χ0n) is 10.3. The average molecular weight is 313 g/mol. The van der Waals surface area contributed by atoms with Gasteiger partial charge in [0.15, 0.2) is 0 Å². The van der Waals surface area contributed by atoms with Gasteiger partial charge in [0, 0.05) is 10.5 Å². The largest absolute Gasteiger partial charge is 0.478 e. The smallest absolute Gasteiger partial charge is 0.338 e. The molecule has 1 aromatic carbocycles. The molecule has 0 unspecified atom stereocenters. The molecule has 2 N–H and O–H groups in total. The van der Waals surface area contributed by atoms with Crippen molar-refractivity contribution in [2.45, 2.75) is 18.9 Å². The number of rotatable bonds is 3. The molecule has 1 aliphatic rings. The van der Waals surface area contributed by atoms with E-state index in [1.165, 1.54) is 0 Å². The van der Waals surface area contributed by atoms with Crippen LogP contribution in [-0.4, -0.2) is 42.2 Å². The minimum absolute atomic E-state index is 0.316. The Morgan fingerprint density at radius 1 is 1.44 bits per heavy atom. The third-order valence-corrected chi connectivity index (χ3v) is 3.97. The number of hydrogen-bond acceptors (Lipinski definition) is 3. The molecule has 1 aliphatic heterocycles. The van der Waals surface area contributed by atoms with E-state index in [2.05, 4.69) is 33.2 Å². The second kappa shape index (κ2) is 5.71. The number of aromatic carboxylic acids is 1. The number of hydrogen-bond donors (Lipinski definition) is 2. The van der Waals surface area contributed by atoms with Gasteiger partial charge in [0.1, 0.15) is 0 Å². The van der Waals surface area contributed by atoms with Crippen LogP contribution in [0.5, 0.6) is 0 Å². The van der Waals surface area contributed by atoms with Crippen LogP contribution < -0.4 is 5.32 Å². The van der Waals surface area contributed by atoms with Crippen LogP contribution in [0.1, 0.15) is 23.2 Å². The quantitative estimate of drug-likeness (QED) is 0.901. The lowest BCUT2D eigenvalue weighted by Crippen LogP contribution is -2.37. The van der Waals surface area contributed by atoms with Crippen molar-refractivity contribution >= 4 is 27.6 Å². The van der Waals surface area contributed by atoms with Crippen LogP contribution in [0.25, 0.3) is 0 Å². The van der Waals surface area contributed by atoms with Gasteiger partial charge in [-0.1, -0.05) is 6.07 Å². The highest BCUT2D eigenvalue weighted by Crippen LogP contribution is 2.26. The van der Waals surface area contributed by atoms with Gasteiger partial charge in [-0.2, -0.15) is 0 Å². The number of anilines is 1. The summed E-state index contributed by atoms with van der Waals surface area (Å²) in [6.45, 7) is 2.10. The van der Waals surface area contributed by atoms with Gasteiger partial charge in [-0.25, -0.2) is 4.79 Å². The van der Waals surface area contributed by atoms with Crippen molar-refractivity contribution < 1.29 is 9.90 Å². The standard InChI is InChI=1S/C13H17BrN2O2/c1-16-7-5-9(6-8-16)15-11-4-2-3-10(14)12(11)13(17)18/h2-4,9,15H,5-8H2,1H3,(H,17,18). The first-order valence-corrected chi connectivity index (χ1v) is 6.84. The van der Waals surface area contributed by atoms with Crippen LogP contribution in [0, 0.1) is 0 Å². The Balaban J connectivity index is 2.14.